The Kier molecular flexibility index (Phi) is 11.5. The average molecular weight is 307 g/mol. The van der Waals surface area contributed by atoms with Crippen LogP contribution < -0.4 is 0 Å². The van der Waals surface area contributed by atoms with Crippen molar-refractivity contribution >= 4 is 10.1 Å². The summed E-state index contributed by atoms with van der Waals surface area (Å²) >= 11 is 0. The molecule has 0 fully saturated rings. The molecule has 0 aromatic carbocycles. The van der Waals surface area contributed by atoms with E-state index in [2.05, 4.69) is 13.8 Å². The van der Waals surface area contributed by atoms with Crippen LogP contribution in [0.4, 0.5) is 0 Å². The Balaban J connectivity index is 3.96. The summed E-state index contributed by atoms with van der Waals surface area (Å²) in [5.41, 5.74) is 0. The first kappa shape index (κ1) is 19.9. The summed E-state index contributed by atoms with van der Waals surface area (Å²) in [4.78, 5) is 0. The molecule has 0 aliphatic rings. The first-order valence-corrected chi connectivity index (χ1v) is 9.83. The molecule has 0 aliphatic heterocycles. The molecular weight excluding hydrogens is 272 g/mol. The molecule has 0 aromatic rings. The van der Waals surface area contributed by atoms with E-state index in [0.29, 0.717) is 6.42 Å². The Morgan fingerprint density at radius 2 is 1.30 bits per heavy atom. The van der Waals surface area contributed by atoms with Crippen LogP contribution in [0.25, 0.3) is 0 Å². The lowest BCUT2D eigenvalue weighted by Crippen LogP contribution is -2.24. The van der Waals surface area contributed by atoms with Gasteiger partial charge >= 0.3 is 0 Å². The summed E-state index contributed by atoms with van der Waals surface area (Å²) in [5, 5.41) is -0.377. The SMILES string of the molecule is CCCCCCC(C)OS(=O)(=O)C(C)CCCCCC. The highest BCUT2D eigenvalue weighted by Gasteiger charge is 2.23. The highest BCUT2D eigenvalue weighted by Crippen LogP contribution is 2.17. The summed E-state index contributed by atoms with van der Waals surface area (Å²) in [7, 11) is -3.39. The normalized spacial score (nSPS) is 15.2. The van der Waals surface area contributed by atoms with Gasteiger partial charge in [0.1, 0.15) is 0 Å². The molecule has 0 radical (unpaired) electrons. The Bertz CT molecular complexity index is 312. The van der Waals surface area contributed by atoms with Gasteiger partial charge in [0.2, 0.25) is 0 Å². The topological polar surface area (TPSA) is 43.4 Å². The fraction of sp³-hybridized carbons (Fsp3) is 1.00. The maximum absolute atomic E-state index is 12.1. The molecule has 0 heterocycles. The molecule has 2 atom stereocenters. The molecular formula is C16H34O3S. The van der Waals surface area contributed by atoms with Gasteiger partial charge in [-0.2, -0.15) is 8.42 Å². The lowest BCUT2D eigenvalue weighted by molar-refractivity contribution is 0.210. The number of rotatable bonds is 13. The number of hydrogen-bond acceptors (Lipinski definition) is 3. The minimum atomic E-state index is -3.39. The molecule has 2 unspecified atom stereocenters. The van der Waals surface area contributed by atoms with Crippen molar-refractivity contribution in [2.45, 2.75) is 103 Å². The zero-order valence-corrected chi connectivity index (χ0v) is 14.7. The Labute approximate surface area is 126 Å². The van der Waals surface area contributed by atoms with Crippen molar-refractivity contribution in [2.24, 2.45) is 0 Å². The van der Waals surface area contributed by atoms with E-state index < -0.39 is 10.1 Å². The van der Waals surface area contributed by atoms with Gasteiger partial charge in [0.25, 0.3) is 10.1 Å². The molecule has 0 saturated heterocycles. The molecule has 3 nitrogen and oxygen atoms in total. The molecule has 122 valence electrons. The first-order chi connectivity index (χ1) is 9.44. The minimum absolute atomic E-state index is 0.185. The van der Waals surface area contributed by atoms with Gasteiger partial charge in [0.15, 0.2) is 0 Å². The van der Waals surface area contributed by atoms with Crippen LogP contribution in [0.2, 0.25) is 0 Å². The maximum Gasteiger partial charge on any atom is 0.270 e. The average Bonchev–Trinajstić information content (AvgIpc) is 2.39. The molecule has 0 amide bonds. The van der Waals surface area contributed by atoms with Crippen LogP contribution in [0.1, 0.15) is 91.9 Å². The molecule has 0 spiro atoms. The second-order valence-electron chi connectivity index (χ2n) is 5.91. The van der Waals surface area contributed by atoms with Gasteiger partial charge in [-0.3, -0.25) is 4.18 Å². The summed E-state index contributed by atoms with van der Waals surface area (Å²) < 4.78 is 29.5. The molecule has 0 rings (SSSR count). The van der Waals surface area contributed by atoms with E-state index in [1.165, 1.54) is 25.7 Å². The minimum Gasteiger partial charge on any atom is -0.267 e. The lowest BCUT2D eigenvalue weighted by atomic mass is 10.1. The molecule has 0 N–H and O–H groups in total. The Morgan fingerprint density at radius 3 is 1.80 bits per heavy atom. The van der Waals surface area contributed by atoms with Gasteiger partial charge in [-0.25, -0.2) is 0 Å². The van der Waals surface area contributed by atoms with E-state index in [4.69, 9.17) is 4.18 Å². The number of hydrogen-bond donors (Lipinski definition) is 0. The third-order valence-corrected chi connectivity index (χ3v) is 5.54. The van der Waals surface area contributed by atoms with Gasteiger partial charge in [0.05, 0.1) is 11.4 Å². The quantitative estimate of drug-likeness (QED) is 0.353. The standard InChI is InChI=1S/C16H34O3S/c1-5-7-9-11-13-15(3)19-20(17,18)16(4)14-12-10-8-6-2/h15-16H,5-14H2,1-4H3. The summed E-state index contributed by atoms with van der Waals surface area (Å²) in [6, 6.07) is 0. The predicted octanol–water partition coefficient (Wildman–Crippen LogP) is 5.05. The van der Waals surface area contributed by atoms with Crippen LogP contribution in [0.3, 0.4) is 0 Å². The van der Waals surface area contributed by atoms with Crippen molar-refractivity contribution < 1.29 is 12.6 Å². The fourth-order valence-corrected chi connectivity index (χ4v) is 3.43. The predicted molar refractivity (Wildman–Crippen MR) is 86.4 cm³/mol. The fourth-order valence-electron chi connectivity index (χ4n) is 2.23. The van der Waals surface area contributed by atoms with Crippen molar-refractivity contribution in [3.05, 3.63) is 0 Å². The summed E-state index contributed by atoms with van der Waals surface area (Å²) in [6.45, 7) is 7.96. The van der Waals surface area contributed by atoms with Gasteiger partial charge in [0, 0.05) is 0 Å². The molecule has 4 heteroatoms. The van der Waals surface area contributed by atoms with E-state index in [0.717, 1.165) is 32.1 Å². The van der Waals surface area contributed by atoms with Crippen LogP contribution >= 0.6 is 0 Å². The van der Waals surface area contributed by atoms with Crippen LogP contribution in [0, 0.1) is 0 Å². The van der Waals surface area contributed by atoms with E-state index >= 15 is 0 Å². The van der Waals surface area contributed by atoms with Gasteiger partial charge in [-0.05, 0) is 26.7 Å². The zero-order chi connectivity index (χ0) is 15.4. The van der Waals surface area contributed by atoms with E-state index in [-0.39, 0.29) is 11.4 Å². The Hall–Kier alpha value is -0.0900. The van der Waals surface area contributed by atoms with Crippen molar-refractivity contribution in [1.82, 2.24) is 0 Å². The molecule has 20 heavy (non-hydrogen) atoms. The van der Waals surface area contributed by atoms with Crippen LogP contribution in [-0.2, 0) is 14.3 Å². The largest absolute Gasteiger partial charge is 0.270 e. The molecule has 0 bridgehead atoms. The monoisotopic (exact) mass is 306 g/mol. The van der Waals surface area contributed by atoms with Crippen molar-refractivity contribution in [3.8, 4) is 0 Å². The van der Waals surface area contributed by atoms with Crippen LogP contribution in [-0.4, -0.2) is 19.8 Å². The van der Waals surface area contributed by atoms with E-state index in [1.807, 2.05) is 6.92 Å². The van der Waals surface area contributed by atoms with Crippen molar-refractivity contribution in [1.29, 1.82) is 0 Å². The van der Waals surface area contributed by atoms with Crippen molar-refractivity contribution in [3.63, 3.8) is 0 Å². The Morgan fingerprint density at radius 1 is 0.800 bits per heavy atom. The van der Waals surface area contributed by atoms with Crippen molar-refractivity contribution in [2.75, 3.05) is 0 Å². The number of unbranched alkanes of at least 4 members (excludes halogenated alkanes) is 6. The summed E-state index contributed by atoms with van der Waals surface area (Å²) in [6.07, 6.45) is 10.4. The highest BCUT2D eigenvalue weighted by molar-refractivity contribution is 7.87. The smallest absolute Gasteiger partial charge is 0.267 e. The van der Waals surface area contributed by atoms with Crippen LogP contribution in [0.15, 0.2) is 0 Å². The second kappa shape index (κ2) is 11.6. The van der Waals surface area contributed by atoms with E-state index in [9.17, 15) is 8.42 Å². The van der Waals surface area contributed by atoms with Crippen LogP contribution in [0.5, 0.6) is 0 Å². The zero-order valence-electron chi connectivity index (χ0n) is 13.9. The molecule has 0 aromatic heterocycles. The van der Waals surface area contributed by atoms with Gasteiger partial charge < -0.3 is 0 Å². The van der Waals surface area contributed by atoms with Gasteiger partial charge in [-0.1, -0.05) is 65.2 Å². The summed E-state index contributed by atoms with van der Waals surface area (Å²) in [5.74, 6) is 0. The molecule has 0 saturated carbocycles. The molecule has 0 aliphatic carbocycles. The van der Waals surface area contributed by atoms with Gasteiger partial charge in [-0.15, -0.1) is 0 Å². The third kappa shape index (κ3) is 9.76. The second-order valence-corrected chi connectivity index (χ2v) is 7.89. The highest BCUT2D eigenvalue weighted by atomic mass is 32.2. The third-order valence-electron chi connectivity index (χ3n) is 3.72. The van der Waals surface area contributed by atoms with E-state index in [1.54, 1.807) is 6.92 Å². The maximum atomic E-state index is 12.1. The first-order valence-electron chi connectivity index (χ1n) is 8.36. The lowest BCUT2D eigenvalue weighted by Gasteiger charge is -2.17.